The second-order valence-corrected chi connectivity index (χ2v) is 5.04. The molecule has 1 aromatic carbocycles. The van der Waals surface area contributed by atoms with Gasteiger partial charge < -0.3 is 10.4 Å². The van der Waals surface area contributed by atoms with Gasteiger partial charge in [0.1, 0.15) is 5.82 Å². The highest BCUT2D eigenvalue weighted by atomic mass is 35.5. The minimum Gasteiger partial charge on any atom is -0.394 e. The highest BCUT2D eigenvalue weighted by molar-refractivity contribution is 6.30. The second kappa shape index (κ2) is 6.71. The lowest BCUT2D eigenvalue weighted by molar-refractivity contribution is 0.0904. The minimum atomic E-state index is -0.666. The standard InChI is InChI=1S/C13H17ClFNO2/c1-8(2)5-10(7-17)16-13(18)11-4-3-9(14)6-12(11)15/h3-4,6,8,10,17H,5,7H2,1-2H3,(H,16,18). The Labute approximate surface area is 111 Å². The van der Waals surface area contributed by atoms with Crippen molar-refractivity contribution in [2.75, 3.05) is 6.61 Å². The molecule has 100 valence electrons. The quantitative estimate of drug-likeness (QED) is 0.866. The number of aliphatic hydroxyl groups excluding tert-OH is 1. The maximum absolute atomic E-state index is 13.5. The fourth-order valence-electron chi connectivity index (χ4n) is 1.68. The maximum Gasteiger partial charge on any atom is 0.254 e. The lowest BCUT2D eigenvalue weighted by Crippen LogP contribution is -2.38. The second-order valence-electron chi connectivity index (χ2n) is 4.61. The highest BCUT2D eigenvalue weighted by Crippen LogP contribution is 2.15. The molecule has 3 nitrogen and oxygen atoms in total. The normalized spacial score (nSPS) is 12.6. The average molecular weight is 274 g/mol. The van der Waals surface area contributed by atoms with Crippen LogP contribution in [-0.2, 0) is 0 Å². The molecule has 1 amide bonds. The van der Waals surface area contributed by atoms with Gasteiger partial charge in [-0.3, -0.25) is 4.79 Å². The topological polar surface area (TPSA) is 49.3 Å². The van der Waals surface area contributed by atoms with E-state index in [9.17, 15) is 9.18 Å². The predicted molar refractivity (Wildman–Crippen MR) is 69.2 cm³/mol. The zero-order chi connectivity index (χ0) is 13.7. The summed E-state index contributed by atoms with van der Waals surface area (Å²) in [5.41, 5.74) is -0.0680. The minimum absolute atomic E-state index is 0.0680. The van der Waals surface area contributed by atoms with Crippen molar-refractivity contribution in [2.24, 2.45) is 5.92 Å². The van der Waals surface area contributed by atoms with Crippen LogP contribution in [0.15, 0.2) is 18.2 Å². The smallest absolute Gasteiger partial charge is 0.254 e. The molecule has 0 aliphatic rings. The number of carbonyl (C=O) groups excluding carboxylic acids is 1. The molecule has 0 aliphatic carbocycles. The van der Waals surface area contributed by atoms with E-state index in [1.54, 1.807) is 0 Å². The molecule has 0 heterocycles. The Kier molecular flexibility index (Phi) is 5.56. The van der Waals surface area contributed by atoms with Crippen LogP contribution in [0.4, 0.5) is 4.39 Å². The fourth-order valence-corrected chi connectivity index (χ4v) is 1.84. The number of rotatable bonds is 5. The largest absolute Gasteiger partial charge is 0.394 e. The van der Waals surface area contributed by atoms with Crippen LogP contribution in [-0.4, -0.2) is 23.7 Å². The van der Waals surface area contributed by atoms with Crippen molar-refractivity contribution < 1.29 is 14.3 Å². The Bertz CT molecular complexity index is 423. The number of nitrogens with one attached hydrogen (secondary N) is 1. The number of aliphatic hydroxyl groups is 1. The Balaban J connectivity index is 2.74. The van der Waals surface area contributed by atoms with Gasteiger partial charge >= 0.3 is 0 Å². The van der Waals surface area contributed by atoms with E-state index in [0.29, 0.717) is 12.3 Å². The van der Waals surface area contributed by atoms with Gasteiger partial charge in [0.2, 0.25) is 0 Å². The van der Waals surface area contributed by atoms with E-state index in [2.05, 4.69) is 5.32 Å². The molecule has 0 radical (unpaired) electrons. The summed E-state index contributed by atoms with van der Waals surface area (Å²) in [6.07, 6.45) is 0.636. The van der Waals surface area contributed by atoms with Crippen LogP contribution in [0.25, 0.3) is 0 Å². The SMILES string of the molecule is CC(C)CC(CO)NC(=O)c1ccc(Cl)cc1F. The number of hydrogen-bond donors (Lipinski definition) is 2. The molecule has 1 rings (SSSR count). The first-order valence-corrected chi connectivity index (χ1v) is 6.18. The van der Waals surface area contributed by atoms with Crippen molar-refractivity contribution in [1.82, 2.24) is 5.32 Å². The monoisotopic (exact) mass is 273 g/mol. The average Bonchev–Trinajstić information content (AvgIpc) is 2.27. The summed E-state index contributed by atoms with van der Waals surface area (Å²) in [5.74, 6) is -0.873. The number of hydrogen-bond acceptors (Lipinski definition) is 2. The Morgan fingerprint density at radius 2 is 2.17 bits per heavy atom. The third-order valence-corrected chi connectivity index (χ3v) is 2.72. The van der Waals surface area contributed by atoms with Crippen LogP contribution in [0.2, 0.25) is 5.02 Å². The van der Waals surface area contributed by atoms with Crippen molar-refractivity contribution >= 4 is 17.5 Å². The molecule has 1 unspecified atom stereocenters. The predicted octanol–water partition coefficient (Wildman–Crippen LogP) is 2.62. The summed E-state index contributed by atoms with van der Waals surface area (Å²) in [6, 6.07) is 3.51. The zero-order valence-corrected chi connectivity index (χ0v) is 11.2. The van der Waals surface area contributed by atoms with E-state index < -0.39 is 11.7 Å². The van der Waals surface area contributed by atoms with E-state index in [1.165, 1.54) is 12.1 Å². The van der Waals surface area contributed by atoms with Gasteiger partial charge in [0.05, 0.1) is 18.2 Å². The summed E-state index contributed by atoms with van der Waals surface area (Å²) in [6.45, 7) is 3.80. The van der Waals surface area contributed by atoms with Gasteiger partial charge in [0.25, 0.3) is 5.91 Å². The first kappa shape index (κ1) is 14.9. The van der Waals surface area contributed by atoms with Crippen molar-refractivity contribution in [2.45, 2.75) is 26.3 Å². The van der Waals surface area contributed by atoms with Gasteiger partial charge in [-0.05, 0) is 30.5 Å². The molecule has 0 saturated carbocycles. The molecular weight excluding hydrogens is 257 g/mol. The van der Waals surface area contributed by atoms with Crippen LogP contribution in [0.3, 0.4) is 0 Å². The van der Waals surface area contributed by atoms with Crippen molar-refractivity contribution in [3.05, 3.63) is 34.6 Å². The highest BCUT2D eigenvalue weighted by Gasteiger charge is 2.17. The third kappa shape index (κ3) is 4.27. The summed E-state index contributed by atoms with van der Waals surface area (Å²) >= 11 is 5.61. The van der Waals surface area contributed by atoms with E-state index in [0.717, 1.165) is 6.07 Å². The van der Waals surface area contributed by atoms with E-state index >= 15 is 0 Å². The van der Waals surface area contributed by atoms with Crippen molar-refractivity contribution in [3.63, 3.8) is 0 Å². The van der Waals surface area contributed by atoms with E-state index in [1.807, 2.05) is 13.8 Å². The molecule has 0 spiro atoms. The van der Waals surface area contributed by atoms with Gasteiger partial charge in [-0.2, -0.15) is 0 Å². The van der Waals surface area contributed by atoms with Crippen LogP contribution in [0, 0.1) is 11.7 Å². The number of carbonyl (C=O) groups is 1. The van der Waals surface area contributed by atoms with Gasteiger partial charge in [-0.1, -0.05) is 25.4 Å². The van der Waals surface area contributed by atoms with Gasteiger partial charge in [-0.25, -0.2) is 4.39 Å². The zero-order valence-electron chi connectivity index (χ0n) is 10.4. The molecular formula is C13H17ClFNO2. The third-order valence-electron chi connectivity index (χ3n) is 2.49. The summed E-state index contributed by atoms with van der Waals surface area (Å²) in [4.78, 5) is 11.8. The van der Waals surface area contributed by atoms with Crippen molar-refractivity contribution in [3.8, 4) is 0 Å². The number of halogens is 2. The molecule has 0 fully saturated rings. The molecule has 0 saturated heterocycles. The Hall–Kier alpha value is -1.13. The molecule has 18 heavy (non-hydrogen) atoms. The summed E-state index contributed by atoms with van der Waals surface area (Å²) < 4.78 is 13.5. The summed E-state index contributed by atoms with van der Waals surface area (Å²) in [7, 11) is 0. The molecule has 5 heteroatoms. The molecule has 0 bridgehead atoms. The Morgan fingerprint density at radius 3 is 2.67 bits per heavy atom. The first-order chi connectivity index (χ1) is 8.43. The number of benzene rings is 1. The van der Waals surface area contributed by atoms with Gasteiger partial charge in [0.15, 0.2) is 0 Å². The van der Waals surface area contributed by atoms with Crippen molar-refractivity contribution in [1.29, 1.82) is 0 Å². The molecule has 0 aliphatic heterocycles. The van der Waals surface area contributed by atoms with Crippen LogP contribution < -0.4 is 5.32 Å². The summed E-state index contributed by atoms with van der Waals surface area (Å²) in [5, 5.41) is 12.0. The molecule has 1 aromatic rings. The molecule has 2 N–H and O–H groups in total. The lowest BCUT2D eigenvalue weighted by Gasteiger charge is -2.18. The van der Waals surface area contributed by atoms with E-state index in [4.69, 9.17) is 16.7 Å². The van der Waals surface area contributed by atoms with Crippen LogP contribution >= 0.6 is 11.6 Å². The van der Waals surface area contributed by atoms with Gasteiger partial charge in [-0.15, -0.1) is 0 Å². The first-order valence-electron chi connectivity index (χ1n) is 5.80. The number of amides is 1. The lowest BCUT2D eigenvalue weighted by atomic mass is 10.0. The molecule has 0 aromatic heterocycles. The van der Waals surface area contributed by atoms with Crippen LogP contribution in [0.5, 0.6) is 0 Å². The maximum atomic E-state index is 13.5. The molecule has 1 atom stereocenters. The van der Waals surface area contributed by atoms with Gasteiger partial charge in [0, 0.05) is 5.02 Å². The Morgan fingerprint density at radius 1 is 1.50 bits per heavy atom. The van der Waals surface area contributed by atoms with Crippen LogP contribution in [0.1, 0.15) is 30.6 Å². The van der Waals surface area contributed by atoms with E-state index in [-0.39, 0.29) is 23.2 Å². The fraction of sp³-hybridized carbons (Fsp3) is 0.462.